The van der Waals surface area contributed by atoms with Gasteiger partial charge >= 0.3 is 5.97 Å². The van der Waals surface area contributed by atoms with Gasteiger partial charge in [0, 0.05) is 6.20 Å². The molecule has 0 saturated carbocycles. The van der Waals surface area contributed by atoms with Crippen molar-refractivity contribution < 1.29 is 23.7 Å². The number of hydrogen-bond donors (Lipinski definition) is 0. The zero-order valence-electron chi connectivity index (χ0n) is 17.3. The highest BCUT2D eigenvalue weighted by Gasteiger charge is 2.64. The van der Waals surface area contributed by atoms with E-state index >= 15 is 0 Å². The third-order valence-electron chi connectivity index (χ3n) is 5.75. The molecule has 9 heteroatoms. The van der Waals surface area contributed by atoms with Crippen molar-refractivity contribution in [1.82, 2.24) is 14.5 Å². The van der Waals surface area contributed by atoms with Gasteiger partial charge in [0.25, 0.3) is 0 Å². The highest BCUT2D eigenvalue weighted by Crippen LogP contribution is 2.50. The first-order valence-corrected chi connectivity index (χ1v) is 10.4. The molecule has 8 nitrogen and oxygen atoms in total. The summed E-state index contributed by atoms with van der Waals surface area (Å²) in [5.74, 6) is -1.24. The molecule has 2 aromatic heterocycles. The number of fused-ring (bicyclic) bond motifs is 2. The second-order valence-corrected chi connectivity index (χ2v) is 8.69. The summed E-state index contributed by atoms with van der Waals surface area (Å²) in [6, 6.07) is 10.7. The molecule has 2 aliphatic rings. The standard InChI is InChI=1S/C22H22ClN3O5/c1-21(2)30-16-19(26-10-9-14-17(23)24-12-25-18(14)26)29-15(22(16,3)31-21)11-28-20(27)13-7-5-4-6-8-13/h4-10,12,15-16,19H,11H2,1-3H3/t15-,16+,19-,22-/m1/s1. The summed E-state index contributed by atoms with van der Waals surface area (Å²) in [5.41, 5.74) is 0.270. The van der Waals surface area contributed by atoms with Crippen LogP contribution < -0.4 is 0 Å². The van der Waals surface area contributed by atoms with Crippen molar-refractivity contribution >= 4 is 28.6 Å². The molecular formula is C22H22ClN3O5. The smallest absolute Gasteiger partial charge is 0.338 e. The van der Waals surface area contributed by atoms with Crippen LogP contribution in [0.4, 0.5) is 0 Å². The number of carbonyl (C=O) groups is 1. The zero-order valence-corrected chi connectivity index (χ0v) is 18.1. The molecule has 2 saturated heterocycles. The van der Waals surface area contributed by atoms with Crippen LogP contribution >= 0.6 is 11.6 Å². The molecule has 0 spiro atoms. The van der Waals surface area contributed by atoms with E-state index < -0.39 is 35.8 Å². The van der Waals surface area contributed by atoms with Crippen LogP contribution in [0.25, 0.3) is 11.0 Å². The van der Waals surface area contributed by atoms with Crippen molar-refractivity contribution in [2.45, 2.75) is 50.6 Å². The van der Waals surface area contributed by atoms with Crippen LogP contribution in [0.1, 0.15) is 37.4 Å². The SMILES string of the molecule is CC1(C)O[C@H]2[C@H](n3ccc4c(Cl)ncnc43)O[C@H](COC(=O)c3ccccc3)[C@@]2(C)O1. The first-order valence-electron chi connectivity index (χ1n) is 10.0. The summed E-state index contributed by atoms with van der Waals surface area (Å²) in [4.78, 5) is 20.9. The Hall–Kier alpha value is -2.52. The molecule has 2 aliphatic heterocycles. The molecule has 0 aliphatic carbocycles. The molecule has 0 radical (unpaired) electrons. The number of aromatic nitrogens is 3. The summed E-state index contributed by atoms with van der Waals surface area (Å²) in [5, 5.41) is 1.08. The Morgan fingerprint density at radius 3 is 2.74 bits per heavy atom. The van der Waals surface area contributed by atoms with E-state index in [1.54, 1.807) is 24.3 Å². The Morgan fingerprint density at radius 1 is 1.19 bits per heavy atom. The summed E-state index contributed by atoms with van der Waals surface area (Å²) in [6.45, 7) is 5.65. The number of ether oxygens (including phenoxy) is 4. The van der Waals surface area contributed by atoms with Crippen molar-refractivity contribution in [2.24, 2.45) is 0 Å². The van der Waals surface area contributed by atoms with Gasteiger partial charge in [-0.2, -0.15) is 0 Å². The third kappa shape index (κ3) is 3.40. The maximum absolute atomic E-state index is 12.5. The normalized spacial score (nSPS) is 29.2. The van der Waals surface area contributed by atoms with E-state index in [4.69, 9.17) is 30.5 Å². The van der Waals surface area contributed by atoms with Gasteiger partial charge in [0.15, 0.2) is 12.0 Å². The minimum atomic E-state index is -0.835. The lowest BCUT2D eigenvalue weighted by Gasteiger charge is -2.29. The van der Waals surface area contributed by atoms with Crippen LogP contribution in [-0.4, -0.2) is 50.7 Å². The molecule has 2 fully saturated rings. The molecule has 4 atom stereocenters. The molecular weight excluding hydrogens is 422 g/mol. The van der Waals surface area contributed by atoms with Gasteiger partial charge < -0.3 is 23.5 Å². The fourth-order valence-electron chi connectivity index (χ4n) is 4.37. The van der Waals surface area contributed by atoms with Crippen LogP contribution in [0.5, 0.6) is 0 Å². The number of rotatable bonds is 4. The molecule has 0 N–H and O–H groups in total. The molecule has 4 heterocycles. The largest absolute Gasteiger partial charge is 0.459 e. The number of hydrogen-bond acceptors (Lipinski definition) is 7. The summed E-state index contributed by atoms with van der Waals surface area (Å²) < 4.78 is 26.3. The lowest BCUT2D eigenvalue weighted by Crippen LogP contribution is -2.45. The van der Waals surface area contributed by atoms with Gasteiger partial charge in [0.2, 0.25) is 0 Å². The van der Waals surface area contributed by atoms with Gasteiger partial charge in [-0.1, -0.05) is 29.8 Å². The van der Waals surface area contributed by atoms with Gasteiger partial charge in [0.1, 0.15) is 41.5 Å². The molecule has 31 heavy (non-hydrogen) atoms. The summed E-state index contributed by atoms with van der Waals surface area (Å²) >= 11 is 6.21. The lowest BCUT2D eigenvalue weighted by atomic mass is 9.95. The van der Waals surface area contributed by atoms with Crippen LogP contribution in [0.2, 0.25) is 5.15 Å². The Morgan fingerprint density at radius 2 is 1.97 bits per heavy atom. The van der Waals surface area contributed by atoms with E-state index in [1.807, 2.05) is 43.7 Å². The Kier molecular flexibility index (Phi) is 4.78. The number of halogens is 1. The second kappa shape index (κ2) is 7.27. The van der Waals surface area contributed by atoms with Gasteiger partial charge in [-0.25, -0.2) is 14.8 Å². The highest BCUT2D eigenvalue weighted by molar-refractivity contribution is 6.33. The van der Waals surface area contributed by atoms with Crippen molar-refractivity contribution in [3.8, 4) is 0 Å². The number of nitrogens with zero attached hydrogens (tertiary/aromatic N) is 3. The van der Waals surface area contributed by atoms with Gasteiger partial charge in [0.05, 0.1) is 10.9 Å². The quantitative estimate of drug-likeness (QED) is 0.448. The van der Waals surface area contributed by atoms with Crippen molar-refractivity contribution in [3.05, 3.63) is 59.6 Å². The molecule has 5 rings (SSSR count). The predicted molar refractivity (Wildman–Crippen MR) is 112 cm³/mol. The predicted octanol–water partition coefficient (Wildman–Crippen LogP) is 3.75. The van der Waals surface area contributed by atoms with E-state index in [-0.39, 0.29) is 6.61 Å². The summed E-state index contributed by atoms with van der Waals surface area (Å²) in [6.07, 6.45) is 1.70. The second-order valence-electron chi connectivity index (χ2n) is 8.33. The van der Waals surface area contributed by atoms with Gasteiger partial charge in [-0.3, -0.25) is 0 Å². The van der Waals surface area contributed by atoms with Crippen molar-refractivity contribution in [3.63, 3.8) is 0 Å². The topological polar surface area (TPSA) is 84.7 Å². The van der Waals surface area contributed by atoms with Gasteiger partial charge in [-0.15, -0.1) is 0 Å². The van der Waals surface area contributed by atoms with Crippen LogP contribution in [0, 0.1) is 0 Å². The van der Waals surface area contributed by atoms with Crippen LogP contribution in [-0.2, 0) is 18.9 Å². The molecule has 0 amide bonds. The molecule has 0 bridgehead atoms. The Bertz CT molecular complexity index is 1130. The van der Waals surface area contributed by atoms with Crippen molar-refractivity contribution in [2.75, 3.05) is 6.61 Å². The average Bonchev–Trinajstić information content (AvgIpc) is 3.35. The van der Waals surface area contributed by atoms with Crippen LogP contribution in [0.3, 0.4) is 0 Å². The molecule has 162 valence electrons. The number of benzene rings is 1. The highest BCUT2D eigenvalue weighted by atomic mass is 35.5. The lowest BCUT2D eigenvalue weighted by molar-refractivity contribution is -0.214. The van der Waals surface area contributed by atoms with E-state index in [9.17, 15) is 4.79 Å². The van der Waals surface area contributed by atoms with Gasteiger partial charge in [-0.05, 0) is 39.0 Å². The minimum absolute atomic E-state index is 0.0195. The first kappa shape index (κ1) is 20.4. The fraction of sp³-hybridized carbons (Fsp3) is 0.409. The van der Waals surface area contributed by atoms with E-state index in [2.05, 4.69) is 9.97 Å². The van der Waals surface area contributed by atoms with Crippen LogP contribution in [0.15, 0.2) is 48.9 Å². The van der Waals surface area contributed by atoms with E-state index in [0.717, 1.165) is 0 Å². The van der Waals surface area contributed by atoms with E-state index in [0.29, 0.717) is 21.7 Å². The zero-order chi connectivity index (χ0) is 21.8. The summed E-state index contributed by atoms with van der Waals surface area (Å²) in [7, 11) is 0. The van der Waals surface area contributed by atoms with E-state index in [1.165, 1.54) is 6.33 Å². The number of carbonyl (C=O) groups excluding carboxylic acids is 1. The molecule has 1 aromatic carbocycles. The third-order valence-corrected chi connectivity index (χ3v) is 6.05. The Labute approximate surface area is 184 Å². The monoisotopic (exact) mass is 443 g/mol. The Balaban J connectivity index is 1.44. The number of esters is 1. The molecule has 3 aromatic rings. The average molecular weight is 444 g/mol. The fourth-order valence-corrected chi connectivity index (χ4v) is 4.56. The minimum Gasteiger partial charge on any atom is -0.459 e. The van der Waals surface area contributed by atoms with Crippen molar-refractivity contribution in [1.29, 1.82) is 0 Å². The molecule has 0 unspecified atom stereocenters. The maximum Gasteiger partial charge on any atom is 0.338 e. The maximum atomic E-state index is 12.5. The first-order chi connectivity index (χ1) is 14.8.